The second-order valence-electron chi connectivity index (χ2n) is 4.95. The number of fused-ring (bicyclic) bond motifs is 1. The van der Waals surface area contributed by atoms with E-state index < -0.39 is 0 Å². The number of nitrogens with one attached hydrogen (secondary N) is 2. The summed E-state index contributed by atoms with van der Waals surface area (Å²) in [6.45, 7) is 0.601. The molecule has 1 amide bonds. The molecule has 3 rings (SSSR count). The number of H-pyrrole nitrogens is 1. The highest BCUT2D eigenvalue weighted by Crippen LogP contribution is 2.35. The van der Waals surface area contributed by atoms with Gasteiger partial charge in [-0.25, -0.2) is 4.98 Å². The van der Waals surface area contributed by atoms with Gasteiger partial charge >= 0.3 is 0 Å². The van der Waals surface area contributed by atoms with Crippen LogP contribution in [0.5, 0.6) is 5.75 Å². The molecule has 0 radical (unpaired) electrons. The maximum atomic E-state index is 12.1. The van der Waals surface area contributed by atoms with Crippen LogP contribution in [-0.2, 0) is 16.0 Å². The minimum Gasteiger partial charge on any atom is -0.497 e. The molecule has 0 fully saturated rings. The Hall–Kier alpha value is -2.60. The van der Waals surface area contributed by atoms with Crippen molar-refractivity contribution in [1.82, 2.24) is 9.97 Å². The van der Waals surface area contributed by atoms with Gasteiger partial charge in [-0.15, -0.1) is 0 Å². The summed E-state index contributed by atoms with van der Waals surface area (Å²) < 4.78 is 10.2. The van der Waals surface area contributed by atoms with Crippen molar-refractivity contribution >= 4 is 23.2 Å². The van der Waals surface area contributed by atoms with Gasteiger partial charge < -0.3 is 19.8 Å². The fourth-order valence-electron chi connectivity index (χ4n) is 2.37. The second kappa shape index (κ2) is 6.03. The van der Waals surface area contributed by atoms with E-state index in [1.165, 1.54) is 0 Å². The third kappa shape index (κ3) is 2.73. The SMILES string of the molecule is COCCc1ncc(/C=C2\C(=O)Nc3ccc(OC)cc32)[nH]1. The van der Waals surface area contributed by atoms with Crippen LogP contribution in [0.4, 0.5) is 5.69 Å². The molecule has 114 valence electrons. The molecule has 0 unspecified atom stereocenters. The molecule has 2 heterocycles. The number of rotatable bonds is 5. The fourth-order valence-corrected chi connectivity index (χ4v) is 2.37. The van der Waals surface area contributed by atoms with Gasteiger partial charge in [0.25, 0.3) is 5.91 Å². The van der Waals surface area contributed by atoms with Gasteiger partial charge in [0.15, 0.2) is 0 Å². The average molecular weight is 299 g/mol. The Morgan fingerprint density at radius 3 is 2.95 bits per heavy atom. The topological polar surface area (TPSA) is 76.2 Å². The monoisotopic (exact) mass is 299 g/mol. The van der Waals surface area contributed by atoms with E-state index in [9.17, 15) is 4.79 Å². The molecule has 2 aromatic rings. The molecule has 0 saturated heterocycles. The zero-order valence-electron chi connectivity index (χ0n) is 12.5. The van der Waals surface area contributed by atoms with E-state index in [2.05, 4.69) is 15.3 Å². The van der Waals surface area contributed by atoms with Crippen molar-refractivity contribution in [2.45, 2.75) is 6.42 Å². The Morgan fingerprint density at radius 1 is 1.32 bits per heavy atom. The van der Waals surface area contributed by atoms with Crippen LogP contribution < -0.4 is 10.1 Å². The minimum absolute atomic E-state index is 0.128. The quantitative estimate of drug-likeness (QED) is 0.829. The van der Waals surface area contributed by atoms with Gasteiger partial charge in [-0.2, -0.15) is 0 Å². The molecule has 1 aliphatic heterocycles. The van der Waals surface area contributed by atoms with Gasteiger partial charge in [0.05, 0.1) is 31.2 Å². The van der Waals surface area contributed by atoms with Gasteiger partial charge in [-0.3, -0.25) is 4.79 Å². The molecule has 1 aliphatic rings. The Morgan fingerprint density at radius 2 is 2.18 bits per heavy atom. The number of aromatic nitrogens is 2. The van der Waals surface area contributed by atoms with Gasteiger partial charge in [0.2, 0.25) is 0 Å². The molecule has 0 atom stereocenters. The Bertz CT molecular complexity index is 734. The number of ether oxygens (including phenoxy) is 2. The summed E-state index contributed by atoms with van der Waals surface area (Å²) in [6.07, 6.45) is 4.21. The number of aromatic amines is 1. The summed E-state index contributed by atoms with van der Waals surface area (Å²) in [5.41, 5.74) is 3.00. The number of methoxy groups -OCH3 is 2. The number of benzene rings is 1. The van der Waals surface area contributed by atoms with Crippen molar-refractivity contribution in [1.29, 1.82) is 0 Å². The molecule has 6 heteroatoms. The van der Waals surface area contributed by atoms with Crippen molar-refractivity contribution < 1.29 is 14.3 Å². The van der Waals surface area contributed by atoms with E-state index >= 15 is 0 Å². The van der Waals surface area contributed by atoms with Crippen LogP contribution in [0.25, 0.3) is 11.6 Å². The Labute approximate surface area is 128 Å². The molecule has 1 aromatic carbocycles. The number of carbonyl (C=O) groups is 1. The highest BCUT2D eigenvalue weighted by atomic mass is 16.5. The maximum Gasteiger partial charge on any atom is 0.256 e. The normalized spacial score (nSPS) is 15.0. The first-order valence-corrected chi connectivity index (χ1v) is 6.95. The van der Waals surface area contributed by atoms with E-state index in [4.69, 9.17) is 9.47 Å². The predicted molar refractivity (Wildman–Crippen MR) is 83.7 cm³/mol. The number of hydrogen-bond donors (Lipinski definition) is 2. The number of amides is 1. The van der Waals surface area contributed by atoms with E-state index in [1.807, 2.05) is 18.2 Å². The van der Waals surface area contributed by atoms with Crippen molar-refractivity contribution in [2.75, 3.05) is 26.1 Å². The van der Waals surface area contributed by atoms with Crippen LogP contribution in [0.2, 0.25) is 0 Å². The van der Waals surface area contributed by atoms with Gasteiger partial charge in [0.1, 0.15) is 11.6 Å². The minimum atomic E-state index is -0.128. The van der Waals surface area contributed by atoms with Crippen molar-refractivity contribution in [3.63, 3.8) is 0 Å². The van der Waals surface area contributed by atoms with Crippen molar-refractivity contribution in [3.05, 3.63) is 41.5 Å². The van der Waals surface area contributed by atoms with E-state index in [1.54, 1.807) is 26.5 Å². The second-order valence-corrected chi connectivity index (χ2v) is 4.95. The molecule has 0 spiro atoms. The Balaban J connectivity index is 1.91. The van der Waals surface area contributed by atoms with Gasteiger partial charge in [-0.05, 0) is 24.3 Å². The van der Waals surface area contributed by atoms with Crippen LogP contribution in [0.3, 0.4) is 0 Å². The Kier molecular flexibility index (Phi) is 3.93. The average Bonchev–Trinajstić information content (AvgIpc) is 3.10. The molecule has 2 N–H and O–H groups in total. The van der Waals surface area contributed by atoms with E-state index in [0.29, 0.717) is 24.4 Å². The first-order chi connectivity index (χ1) is 10.7. The first-order valence-electron chi connectivity index (χ1n) is 6.95. The maximum absolute atomic E-state index is 12.1. The van der Waals surface area contributed by atoms with Gasteiger partial charge in [0, 0.05) is 24.8 Å². The summed E-state index contributed by atoms with van der Waals surface area (Å²) in [5, 5.41) is 2.84. The smallest absolute Gasteiger partial charge is 0.256 e. The van der Waals surface area contributed by atoms with Crippen LogP contribution in [0.1, 0.15) is 17.1 Å². The van der Waals surface area contributed by atoms with Gasteiger partial charge in [-0.1, -0.05) is 0 Å². The summed E-state index contributed by atoms with van der Waals surface area (Å²) in [5.74, 6) is 1.42. The summed E-state index contributed by atoms with van der Waals surface area (Å²) in [6, 6.07) is 5.51. The molecular formula is C16H17N3O3. The molecular weight excluding hydrogens is 282 g/mol. The predicted octanol–water partition coefficient (Wildman–Crippen LogP) is 2.10. The lowest BCUT2D eigenvalue weighted by atomic mass is 10.1. The third-order valence-corrected chi connectivity index (χ3v) is 3.50. The third-order valence-electron chi connectivity index (χ3n) is 3.50. The lowest BCUT2D eigenvalue weighted by Gasteiger charge is -2.02. The van der Waals surface area contributed by atoms with Crippen LogP contribution in [0.15, 0.2) is 24.4 Å². The fraction of sp³-hybridized carbons (Fsp3) is 0.250. The van der Waals surface area contributed by atoms with E-state index in [-0.39, 0.29) is 5.91 Å². The number of imidazole rings is 1. The van der Waals surface area contributed by atoms with Crippen LogP contribution in [0, 0.1) is 0 Å². The lowest BCUT2D eigenvalue weighted by Crippen LogP contribution is -2.03. The molecule has 0 saturated carbocycles. The van der Waals surface area contributed by atoms with E-state index in [0.717, 1.165) is 22.8 Å². The molecule has 0 aliphatic carbocycles. The summed E-state index contributed by atoms with van der Waals surface area (Å²) >= 11 is 0. The highest BCUT2D eigenvalue weighted by Gasteiger charge is 2.24. The first kappa shape index (κ1) is 14.3. The number of hydrogen-bond acceptors (Lipinski definition) is 4. The number of carbonyl (C=O) groups excluding carboxylic acids is 1. The molecule has 22 heavy (non-hydrogen) atoms. The van der Waals surface area contributed by atoms with Crippen LogP contribution in [-0.4, -0.2) is 36.7 Å². The summed E-state index contributed by atoms with van der Waals surface area (Å²) in [4.78, 5) is 19.6. The van der Waals surface area contributed by atoms with Crippen molar-refractivity contribution in [2.24, 2.45) is 0 Å². The van der Waals surface area contributed by atoms with Crippen molar-refractivity contribution in [3.8, 4) is 5.75 Å². The number of nitrogens with zero attached hydrogens (tertiary/aromatic N) is 1. The van der Waals surface area contributed by atoms with Crippen LogP contribution >= 0.6 is 0 Å². The largest absolute Gasteiger partial charge is 0.497 e. The highest BCUT2D eigenvalue weighted by molar-refractivity contribution is 6.34. The zero-order valence-corrected chi connectivity index (χ0v) is 12.5. The standard InChI is InChI=1S/C16H17N3O3/c1-21-6-5-15-17-9-10(18-15)7-13-12-8-11(22-2)3-4-14(12)19-16(13)20/h3-4,7-9H,5-6H2,1-2H3,(H,17,18)(H,19,20)/b13-7-. The number of anilines is 1. The zero-order chi connectivity index (χ0) is 15.5. The lowest BCUT2D eigenvalue weighted by molar-refractivity contribution is -0.110. The molecule has 6 nitrogen and oxygen atoms in total. The summed E-state index contributed by atoms with van der Waals surface area (Å²) in [7, 11) is 3.26. The molecule has 0 bridgehead atoms. The molecule has 1 aromatic heterocycles.